The van der Waals surface area contributed by atoms with E-state index in [0.717, 1.165) is 12.8 Å². The van der Waals surface area contributed by atoms with Gasteiger partial charge in [-0.2, -0.15) is 4.98 Å². The van der Waals surface area contributed by atoms with Crippen LogP contribution in [0.4, 0.5) is 10.7 Å². The molecule has 0 bridgehead atoms. The Kier molecular flexibility index (Phi) is 4.61. The number of likely N-dealkylation sites (tertiary alicyclic amines) is 1. The number of fused-ring (bicyclic) bond motifs is 1. The highest BCUT2D eigenvalue weighted by atomic mass is 16.6. The van der Waals surface area contributed by atoms with Crippen LogP contribution in [0.2, 0.25) is 0 Å². The number of anilines is 1. The first-order valence-electron chi connectivity index (χ1n) is 8.42. The summed E-state index contributed by atoms with van der Waals surface area (Å²) in [6.07, 6.45) is 3.25. The van der Waals surface area contributed by atoms with Crippen LogP contribution in [-0.2, 0) is 9.53 Å². The highest BCUT2D eigenvalue weighted by Crippen LogP contribution is 2.21. The van der Waals surface area contributed by atoms with Crippen LogP contribution in [0.5, 0.6) is 0 Å². The number of nitrogens with zero attached hydrogens (tertiary/aromatic N) is 4. The summed E-state index contributed by atoms with van der Waals surface area (Å²) >= 11 is 0. The van der Waals surface area contributed by atoms with Crippen molar-refractivity contribution in [3.8, 4) is 0 Å². The van der Waals surface area contributed by atoms with Gasteiger partial charge in [-0.1, -0.05) is 6.07 Å². The largest absolute Gasteiger partial charge is 0.460 e. The Morgan fingerprint density at radius 2 is 2.12 bits per heavy atom. The molecule has 3 rings (SSSR count). The molecule has 0 saturated carbocycles. The van der Waals surface area contributed by atoms with Crippen molar-refractivity contribution in [2.45, 2.75) is 39.2 Å². The van der Waals surface area contributed by atoms with Crippen molar-refractivity contribution in [1.29, 1.82) is 0 Å². The third-order valence-corrected chi connectivity index (χ3v) is 3.91. The Morgan fingerprint density at radius 3 is 2.84 bits per heavy atom. The van der Waals surface area contributed by atoms with E-state index in [9.17, 15) is 9.59 Å². The summed E-state index contributed by atoms with van der Waals surface area (Å²) in [7, 11) is 0. The zero-order valence-electron chi connectivity index (χ0n) is 14.7. The van der Waals surface area contributed by atoms with Gasteiger partial charge in [0.1, 0.15) is 5.60 Å². The van der Waals surface area contributed by atoms with E-state index in [1.807, 2.05) is 39.0 Å². The monoisotopic (exact) mass is 345 g/mol. The third-order valence-electron chi connectivity index (χ3n) is 3.91. The molecular formula is C17H23N5O3. The van der Waals surface area contributed by atoms with E-state index in [0.29, 0.717) is 18.7 Å². The fourth-order valence-corrected chi connectivity index (χ4v) is 2.80. The van der Waals surface area contributed by atoms with Crippen LogP contribution in [0, 0.1) is 5.92 Å². The molecule has 2 amide bonds. The van der Waals surface area contributed by atoms with Crippen molar-refractivity contribution < 1.29 is 14.3 Å². The van der Waals surface area contributed by atoms with E-state index in [1.165, 1.54) is 0 Å². The molecule has 134 valence electrons. The van der Waals surface area contributed by atoms with Crippen LogP contribution < -0.4 is 5.32 Å². The first-order chi connectivity index (χ1) is 11.8. The van der Waals surface area contributed by atoms with Crippen molar-refractivity contribution in [3.63, 3.8) is 0 Å². The molecule has 25 heavy (non-hydrogen) atoms. The number of nitrogens with one attached hydrogen (secondary N) is 1. The number of amides is 2. The molecule has 8 nitrogen and oxygen atoms in total. The molecule has 1 aliphatic heterocycles. The summed E-state index contributed by atoms with van der Waals surface area (Å²) in [6.45, 7) is 6.46. The number of ether oxygens (including phenoxy) is 1. The normalized spacial score (nSPS) is 18.2. The Morgan fingerprint density at radius 1 is 1.32 bits per heavy atom. The minimum atomic E-state index is -0.526. The van der Waals surface area contributed by atoms with Gasteiger partial charge in [0.25, 0.3) is 5.95 Å². The summed E-state index contributed by atoms with van der Waals surface area (Å²) in [4.78, 5) is 30.6. The maximum Gasteiger partial charge on any atom is 0.324 e. The van der Waals surface area contributed by atoms with Crippen molar-refractivity contribution in [3.05, 3.63) is 24.4 Å². The predicted molar refractivity (Wildman–Crippen MR) is 92.1 cm³/mol. The van der Waals surface area contributed by atoms with Gasteiger partial charge in [0.2, 0.25) is 0 Å². The molecule has 1 N–H and O–H groups in total. The quantitative estimate of drug-likeness (QED) is 0.844. The van der Waals surface area contributed by atoms with Crippen molar-refractivity contribution >= 4 is 23.6 Å². The van der Waals surface area contributed by atoms with Gasteiger partial charge >= 0.3 is 12.0 Å². The van der Waals surface area contributed by atoms with Crippen LogP contribution in [-0.4, -0.2) is 50.2 Å². The number of rotatable bonds is 2. The topological polar surface area (TPSA) is 88.8 Å². The second-order valence-corrected chi connectivity index (χ2v) is 7.19. The van der Waals surface area contributed by atoms with E-state index in [-0.39, 0.29) is 23.9 Å². The zero-order chi connectivity index (χ0) is 18.0. The van der Waals surface area contributed by atoms with E-state index in [1.54, 1.807) is 15.6 Å². The lowest BCUT2D eigenvalue weighted by Gasteiger charge is -2.32. The SMILES string of the molecule is CC(C)(C)OC(=O)C1CCCN(C(=O)Nc2nc3ccccn3n2)C1. The van der Waals surface area contributed by atoms with Crippen molar-refractivity contribution in [2.75, 3.05) is 18.4 Å². The molecule has 2 aromatic rings. The number of carbonyl (C=O) groups is 2. The smallest absolute Gasteiger partial charge is 0.324 e. The summed E-state index contributed by atoms with van der Waals surface area (Å²) in [5, 5.41) is 6.91. The minimum Gasteiger partial charge on any atom is -0.460 e. The molecule has 0 aliphatic carbocycles. The number of esters is 1. The average Bonchev–Trinajstić information content (AvgIpc) is 2.95. The summed E-state index contributed by atoms with van der Waals surface area (Å²) in [5.41, 5.74) is 0.130. The molecule has 1 aliphatic rings. The Hall–Kier alpha value is -2.64. The highest BCUT2D eigenvalue weighted by Gasteiger charge is 2.31. The number of carbonyl (C=O) groups excluding carboxylic acids is 2. The third kappa shape index (κ3) is 4.26. The fourth-order valence-electron chi connectivity index (χ4n) is 2.80. The zero-order valence-corrected chi connectivity index (χ0v) is 14.7. The average molecular weight is 345 g/mol. The van der Waals surface area contributed by atoms with Crippen LogP contribution in [0.1, 0.15) is 33.6 Å². The van der Waals surface area contributed by atoms with Gasteiger partial charge in [0, 0.05) is 19.3 Å². The van der Waals surface area contributed by atoms with Gasteiger partial charge in [-0.3, -0.25) is 10.1 Å². The number of pyridine rings is 1. The summed E-state index contributed by atoms with van der Waals surface area (Å²) in [6, 6.07) is 5.20. The van der Waals surface area contributed by atoms with Crippen LogP contribution in [0.15, 0.2) is 24.4 Å². The van der Waals surface area contributed by atoms with Gasteiger partial charge in [-0.05, 0) is 45.7 Å². The lowest BCUT2D eigenvalue weighted by Crippen LogP contribution is -2.45. The molecule has 1 atom stereocenters. The molecule has 8 heteroatoms. The number of hydrogen-bond donors (Lipinski definition) is 1. The summed E-state index contributed by atoms with van der Waals surface area (Å²) < 4.78 is 7.03. The molecule has 1 saturated heterocycles. The van der Waals surface area contributed by atoms with Gasteiger partial charge in [-0.15, -0.1) is 5.10 Å². The number of urea groups is 1. The fraction of sp³-hybridized carbons (Fsp3) is 0.529. The number of hydrogen-bond acceptors (Lipinski definition) is 5. The second kappa shape index (κ2) is 6.70. The highest BCUT2D eigenvalue weighted by molar-refractivity contribution is 5.88. The molecule has 1 unspecified atom stereocenters. The Bertz CT molecular complexity index is 747. The number of aromatic nitrogens is 3. The Balaban J connectivity index is 1.62. The second-order valence-electron chi connectivity index (χ2n) is 7.19. The molecule has 0 radical (unpaired) electrons. The van der Waals surface area contributed by atoms with Gasteiger partial charge in [-0.25, -0.2) is 9.31 Å². The van der Waals surface area contributed by atoms with E-state index < -0.39 is 5.60 Å². The molecular weight excluding hydrogens is 322 g/mol. The lowest BCUT2D eigenvalue weighted by atomic mass is 9.98. The van der Waals surface area contributed by atoms with E-state index in [2.05, 4.69) is 15.4 Å². The van der Waals surface area contributed by atoms with Gasteiger partial charge in [0.05, 0.1) is 5.92 Å². The number of piperidine rings is 1. The molecule has 2 aromatic heterocycles. The molecule has 1 fully saturated rings. The molecule has 0 spiro atoms. The van der Waals surface area contributed by atoms with Crippen molar-refractivity contribution in [2.24, 2.45) is 5.92 Å². The van der Waals surface area contributed by atoms with E-state index >= 15 is 0 Å². The standard InChI is InChI=1S/C17H23N5O3/c1-17(2,3)25-14(23)12-7-6-9-21(11-12)16(24)19-15-18-13-8-4-5-10-22(13)20-15/h4-5,8,10,12H,6-7,9,11H2,1-3H3,(H,19,20,24). The first kappa shape index (κ1) is 17.2. The van der Waals surface area contributed by atoms with Gasteiger partial charge < -0.3 is 9.64 Å². The molecule has 0 aromatic carbocycles. The van der Waals surface area contributed by atoms with Crippen molar-refractivity contribution in [1.82, 2.24) is 19.5 Å². The maximum absolute atomic E-state index is 12.5. The Labute approximate surface area is 146 Å². The minimum absolute atomic E-state index is 0.246. The van der Waals surface area contributed by atoms with Gasteiger partial charge in [0.15, 0.2) is 5.65 Å². The van der Waals surface area contributed by atoms with Crippen LogP contribution >= 0.6 is 0 Å². The van der Waals surface area contributed by atoms with Crippen LogP contribution in [0.25, 0.3) is 5.65 Å². The predicted octanol–water partition coefficient (Wildman–Crippen LogP) is 2.31. The molecule has 3 heterocycles. The maximum atomic E-state index is 12.5. The summed E-state index contributed by atoms with van der Waals surface area (Å²) in [5.74, 6) is -0.306. The van der Waals surface area contributed by atoms with Crippen LogP contribution in [0.3, 0.4) is 0 Å². The lowest BCUT2D eigenvalue weighted by molar-refractivity contribution is -0.161. The first-order valence-corrected chi connectivity index (χ1v) is 8.42. The van der Waals surface area contributed by atoms with E-state index in [4.69, 9.17) is 4.74 Å².